The largest absolute Gasteiger partial charge is 0.481 e. The minimum Gasteiger partial charge on any atom is -0.481 e. The van der Waals surface area contributed by atoms with Crippen molar-refractivity contribution in [2.75, 3.05) is 5.32 Å². The van der Waals surface area contributed by atoms with Crippen LogP contribution in [0.15, 0.2) is 36.4 Å². The predicted octanol–water partition coefficient (Wildman–Crippen LogP) is 5.19. The zero-order valence-electron chi connectivity index (χ0n) is 11.4. The fourth-order valence-electron chi connectivity index (χ4n) is 1.68. The van der Waals surface area contributed by atoms with E-state index in [1.54, 1.807) is 25.1 Å². The first-order valence-corrected chi connectivity index (χ1v) is 7.37. The summed E-state index contributed by atoms with van der Waals surface area (Å²) in [5.74, 6) is -0.670. The van der Waals surface area contributed by atoms with Crippen molar-refractivity contribution in [1.82, 2.24) is 0 Å². The highest BCUT2D eigenvalue weighted by Gasteiger charge is 2.16. The molecule has 3 nitrogen and oxygen atoms in total. The number of rotatable bonds is 4. The molecule has 0 fully saturated rings. The third kappa shape index (κ3) is 4.50. The quantitative estimate of drug-likeness (QED) is 0.812. The molecule has 7 heteroatoms. The van der Waals surface area contributed by atoms with Crippen molar-refractivity contribution in [2.24, 2.45) is 0 Å². The zero-order valence-corrected chi connectivity index (χ0v) is 13.6. The second-order valence-electron chi connectivity index (χ2n) is 4.48. The van der Waals surface area contributed by atoms with Crippen molar-refractivity contribution >= 4 is 46.4 Å². The first-order valence-electron chi connectivity index (χ1n) is 6.24. The normalized spacial score (nSPS) is 11.9. The van der Waals surface area contributed by atoms with Gasteiger partial charge in [0.2, 0.25) is 0 Å². The van der Waals surface area contributed by atoms with Crippen LogP contribution in [0.25, 0.3) is 0 Å². The predicted molar refractivity (Wildman–Crippen MR) is 86.6 cm³/mol. The number of ether oxygens (including phenoxy) is 1. The maximum absolute atomic E-state index is 13.1. The van der Waals surface area contributed by atoms with E-state index in [9.17, 15) is 9.18 Å². The second kappa shape index (κ2) is 7.18. The van der Waals surface area contributed by atoms with Gasteiger partial charge in [-0.05, 0) is 37.3 Å². The molecular formula is C15H11Cl3FNO2. The molecular weight excluding hydrogens is 352 g/mol. The molecule has 0 bridgehead atoms. The molecule has 0 radical (unpaired) electrons. The Morgan fingerprint density at radius 3 is 2.36 bits per heavy atom. The summed E-state index contributed by atoms with van der Waals surface area (Å²) < 4.78 is 18.5. The Hall–Kier alpha value is -1.49. The number of carbonyl (C=O) groups excluding carboxylic acids is 1. The maximum atomic E-state index is 13.1. The fourth-order valence-corrected chi connectivity index (χ4v) is 2.37. The zero-order chi connectivity index (χ0) is 16.3. The maximum Gasteiger partial charge on any atom is 0.265 e. The van der Waals surface area contributed by atoms with Crippen LogP contribution in [0.2, 0.25) is 15.1 Å². The third-order valence-electron chi connectivity index (χ3n) is 2.70. The van der Waals surface area contributed by atoms with E-state index in [4.69, 9.17) is 39.5 Å². The smallest absolute Gasteiger partial charge is 0.265 e. The molecule has 0 spiro atoms. The Morgan fingerprint density at radius 2 is 1.77 bits per heavy atom. The van der Waals surface area contributed by atoms with E-state index in [2.05, 4.69) is 5.32 Å². The molecule has 2 aromatic rings. The van der Waals surface area contributed by atoms with Gasteiger partial charge in [-0.3, -0.25) is 4.79 Å². The lowest BCUT2D eigenvalue weighted by Gasteiger charge is -2.15. The van der Waals surface area contributed by atoms with Gasteiger partial charge in [-0.25, -0.2) is 4.39 Å². The van der Waals surface area contributed by atoms with Crippen molar-refractivity contribution in [2.45, 2.75) is 13.0 Å². The van der Waals surface area contributed by atoms with Crippen LogP contribution in [0, 0.1) is 5.82 Å². The van der Waals surface area contributed by atoms with Crippen LogP contribution in [0.1, 0.15) is 6.92 Å². The van der Waals surface area contributed by atoms with Gasteiger partial charge in [0.05, 0.1) is 5.02 Å². The van der Waals surface area contributed by atoms with Gasteiger partial charge in [0.15, 0.2) is 6.10 Å². The lowest BCUT2D eigenvalue weighted by Crippen LogP contribution is -2.30. The summed E-state index contributed by atoms with van der Waals surface area (Å²) in [5, 5.41) is 3.36. The molecule has 0 saturated heterocycles. The lowest BCUT2D eigenvalue weighted by molar-refractivity contribution is -0.122. The van der Waals surface area contributed by atoms with Gasteiger partial charge >= 0.3 is 0 Å². The summed E-state index contributed by atoms with van der Waals surface area (Å²) in [6.07, 6.45) is -0.820. The van der Waals surface area contributed by atoms with Gasteiger partial charge in [0.25, 0.3) is 5.91 Å². The van der Waals surface area contributed by atoms with E-state index >= 15 is 0 Å². The molecule has 0 aliphatic carbocycles. The molecule has 0 aliphatic rings. The third-order valence-corrected chi connectivity index (χ3v) is 3.43. The number of hydrogen-bond acceptors (Lipinski definition) is 2. The molecule has 0 aliphatic heterocycles. The minimum atomic E-state index is -0.820. The number of nitrogens with one attached hydrogen (secondary N) is 1. The van der Waals surface area contributed by atoms with E-state index in [0.717, 1.165) is 0 Å². The van der Waals surface area contributed by atoms with Crippen LogP contribution in [-0.2, 0) is 4.79 Å². The van der Waals surface area contributed by atoms with Crippen LogP contribution in [0.4, 0.5) is 10.1 Å². The summed E-state index contributed by atoms with van der Waals surface area (Å²) in [4.78, 5) is 12.1. The van der Waals surface area contributed by atoms with E-state index in [-0.39, 0.29) is 10.8 Å². The van der Waals surface area contributed by atoms with E-state index in [1.165, 1.54) is 18.2 Å². The average Bonchev–Trinajstić information content (AvgIpc) is 2.41. The van der Waals surface area contributed by atoms with Crippen LogP contribution < -0.4 is 10.1 Å². The monoisotopic (exact) mass is 361 g/mol. The summed E-state index contributed by atoms with van der Waals surface area (Å²) in [7, 11) is 0. The topological polar surface area (TPSA) is 38.3 Å². The van der Waals surface area contributed by atoms with Crippen molar-refractivity contribution in [3.05, 3.63) is 57.3 Å². The number of benzene rings is 2. The summed E-state index contributed by atoms with van der Waals surface area (Å²) in [6.45, 7) is 1.55. The Bertz CT molecular complexity index is 689. The summed E-state index contributed by atoms with van der Waals surface area (Å²) >= 11 is 17.4. The molecule has 1 N–H and O–H groups in total. The molecule has 2 rings (SSSR count). The number of hydrogen-bond donors (Lipinski definition) is 1. The molecule has 1 amide bonds. The molecule has 1 atom stereocenters. The van der Waals surface area contributed by atoms with Gasteiger partial charge in [0, 0.05) is 21.8 Å². The molecule has 1 unspecified atom stereocenters. The van der Waals surface area contributed by atoms with Crippen molar-refractivity contribution < 1.29 is 13.9 Å². The SMILES string of the molecule is CC(Oc1ccc(F)c(Cl)c1)C(=O)Nc1cc(Cl)cc(Cl)c1. The Morgan fingerprint density at radius 1 is 1.14 bits per heavy atom. The number of anilines is 1. The van der Waals surface area contributed by atoms with Gasteiger partial charge in [-0.15, -0.1) is 0 Å². The van der Waals surface area contributed by atoms with Crippen LogP contribution in [-0.4, -0.2) is 12.0 Å². The fraction of sp³-hybridized carbons (Fsp3) is 0.133. The number of amides is 1. The van der Waals surface area contributed by atoms with Crippen molar-refractivity contribution in [3.63, 3.8) is 0 Å². The first kappa shape index (κ1) is 16.9. The summed E-state index contributed by atoms with van der Waals surface area (Å²) in [6, 6.07) is 8.54. The number of halogens is 4. The molecule has 2 aromatic carbocycles. The summed E-state index contributed by atoms with van der Waals surface area (Å²) in [5.41, 5.74) is 0.454. The average molecular weight is 363 g/mol. The lowest BCUT2D eigenvalue weighted by atomic mass is 10.3. The Balaban J connectivity index is 2.04. The van der Waals surface area contributed by atoms with Crippen LogP contribution in [0.5, 0.6) is 5.75 Å². The highest BCUT2D eigenvalue weighted by molar-refractivity contribution is 6.35. The Kier molecular flexibility index (Phi) is 5.51. The van der Waals surface area contributed by atoms with Crippen LogP contribution >= 0.6 is 34.8 Å². The molecule has 0 saturated carbocycles. The van der Waals surface area contributed by atoms with E-state index in [1.807, 2.05) is 0 Å². The molecule has 0 heterocycles. The van der Waals surface area contributed by atoms with Crippen LogP contribution in [0.3, 0.4) is 0 Å². The number of carbonyl (C=O) groups is 1. The minimum absolute atomic E-state index is 0.0771. The van der Waals surface area contributed by atoms with Gasteiger partial charge in [-0.1, -0.05) is 34.8 Å². The molecule has 0 aromatic heterocycles. The van der Waals surface area contributed by atoms with Crippen molar-refractivity contribution in [1.29, 1.82) is 0 Å². The molecule has 22 heavy (non-hydrogen) atoms. The van der Waals surface area contributed by atoms with Crippen molar-refractivity contribution in [3.8, 4) is 5.75 Å². The second-order valence-corrected chi connectivity index (χ2v) is 5.76. The highest BCUT2D eigenvalue weighted by atomic mass is 35.5. The standard InChI is InChI=1S/C15H11Cl3FNO2/c1-8(22-12-2-3-14(19)13(18)7-12)15(21)20-11-5-9(16)4-10(17)6-11/h2-8H,1H3,(H,20,21). The van der Waals surface area contributed by atoms with E-state index in [0.29, 0.717) is 15.7 Å². The van der Waals surface area contributed by atoms with Gasteiger partial charge in [-0.2, -0.15) is 0 Å². The van der Waals surface area contributed by atoms with Gasteiger partial charge < -0.3 is 10.1 Å². The molecule has 116 valence electrons. The van der Waals surface area contributed by atoms with E-state index < -0.39 is 17.8 Å². The first-order chi connectivity index (χ1) is 10.3. The Labute approximate surface area is 141 Å². The van der Waals surface area contributed by atoms with Gasteiger partial charge in [0.1, 0.15) is 11.6 Å². The highest BCUT2D eigenvalue weighted by Crippen LogP contribution is 2.24.